The van der Waals surface area contributed by atoms with Crippen LogP contribution in [0.1, 0.15) is 58.7 Å². The van der Waals surface area contributed by atoms with E-state index in [4.69, 9.17) is 5.73 Å². The first-order chi connectivity index (χ1) is 9.07. The lowest BCUT2D eigenvalue weighted by molar-refractivity contribution is 0.179. The fourth-order valence-electron chi connectivity index (χ4n) is 3.74. The topological polar surface area (TPSA) is 56.7 Å². The Hall–Kier alpha value is -0.900. The van der Waals surface area contributed by atoms with Crippen LogP contribution in [-0.2, 0) is 13.0 Å². The Morgan fingerprint density at radius 1 is 1.37 bits per heavy atom. The van der Waals surface area contributed by atoms with E-state index in [1.807, 2.05) is 4.68 Å². The second kappa shape index (κ2) is 6.04. The highest BCUT2D eigenvalue weighted by Gasteiger charge is 2.40. The van der Waals surface area contributed by atoms with E-state index in [0.717, 1.165) is 18.8 Å². The Kier molecular flexibility index (Phi) is 4.61. The van der Waals surface area contributed by atoms with Crippen molar-refractivity contribution in [1.29, 1.82) is 0 Å². The molecule has 0 amide bonds. The molecular weight excluding hydrogens is 236 g/mol. The summed E-state index contributed by atoms with van der Waals surface area (Å²) in [7, 11) is 0. The van der Waals surface area contributed by atoms with Crippen LogP contribution in [0.5, 0.6) is 0 Å². The Bertz CT molecular complexity index is 391. The van der Waals surface area contributed by atoms with E-state index in [0.29, 0.717) is 11.3 Å². The molecule has 0 aromatic carbocycles. The van der Waals surface area contributed by atoms with Crippen LogP contribution in [0, 0.1) is 11.3 Å². The van der Waals surface area contributed by atoms with Crippen LogP contribution in [0.15, 0.2) is 6.33 Å². The summed E-state index contributed by atoms with van der Waals surface area (Å²) >= 11 is 0. The molecule has 1 aromatic heterocycles. The first-order valence-corrected chi connectivity index (χ1v) is 7.69. The van der Waals surface area contributed by atoms with Crippen molar-refractivity contribution in [2.24, 2.45) is 17.1 Å². The molecule has 1 aliphatic rings. The van der Waals surface area contributed by atoms with Gasteiger partial charge < -0.3 is 5.73 Å². The Balaban J connectivity index is 2.09. The molecule has 1 aliphatic carbocycles. The second-order valence-electron chi connectivity index (χ2n) is 6.47. The van der Waals surface area contributed by atoms with Gasteiger partial charge >= 0.3 is 0 Å². The van der Waals surface area contributed by atoms with E-state index in [2.05, 4.69) is 30.9 Å². The predicted molar refractivity (Wildman–Crippen MR) is 77.7 cm³/mol. The average Bonchev–Trinajstić information content (AvgIpc) is 2.98. The molecule has 108 valence electrons. The highest BCUT2D eigenvalue weighted by molar-refractivity contribution is 4.99. The van der Waals surface area contributed by atoms with Gasteiger partial charge in [-0.15, -0.1) is 0 Å². The number of aromatic nitrogens is 3. The fraction of sp³-hybridized carbons (Fsp3) is 0.867. The highest BCUT2D eigenvalue weighted by Crippen LogP contribution is 2.45. The Morgan fingerprint density at radius 2 is 2.05 bits per heavy atom. The van der Waals surface area contributed by atoms with Crippen molar-refractivity contribution in [3.05, 3.63) is 12.2 Å². The van der Waals surface area contributed by atoms with E-state index in [1.165, 1.54) is 32.1 Å². The van der Waals surface area contributed by atoms with E-state index >= 15 is 0 Å². The summed E-state index contributed by atoms with van der Waals surface area (Å²) in [4.78, 5) is 4.38. The Morgan fingerprint density at radius 3 is 2.63 bits per heavy atom. The third kappa shape index (κ3) is 3.16. The number of nitrogens with two attached hydrogens (primary N) is 1. The van der Waals surface area contributed by atoms with E-state index in [-0.39, 0.29) is 6.04 Å². The van der Waals surface area contributed by atoms with Crippen LogP contribution in [0.4, 0.5) is 0 Å². The molecule has 2 rings (SSSR count). The van der Waals surface area contributed by atoms with Crippen LogP contribution >= 0.6 is 0 Å². The molecule has 2 N–H and O–H groups in total. The van der Waals surface area contributed by atoms with Crippen LogP contribution in [0.3, 0.4) is 0 Å². The molecule has 4 nitrogen and oxygen atoms in total. The SMILES string of the molecule is CCn1ncnc1CC(N)C1(CC(C)C)CCCC1. The minimum Gasteiger partial charge on any atom is -0.327 e. The van der Waals surface area contributed by atoms with Gasteiger partial charge in [0.25, 0.3) is 0 Å². The molecule has 4 heteroatoms. The molecule has 0 radical (unpaired) electrons. The third-order valence-corrected chi connectivity index (χ3v) is 4.60. The van der Waals surface area contributed by atoms with Gasteiger partial charge in [-0.3, -0.25) is 4.68 Å². The summed E-state index contributed by atoms with van der Waals surface area (Å²) in [6.07, 6.45) is 8.99. The molecule has 19 heavy (non-hydrogen) atoms. The van der Waals surface area contributed by atoms with Crippen molar-refractivity contribution in [2.75, 3.05) is 0 Å². The maximum atomic E-state index is 6.60. The van der Waals surface area contributed by atoms with Crippen LogP contribution in [0.25, 0.3) is 0 Å². The first-order valence-electron chi connectivity index (χ1n) is 7.69. The van der Waals surface area contributed by atoms with Crippen molar-refractivity contribution >= 4 is 0 Å². The normalized spacial score (nSPS) is 20.1. The second-order valence-corrected chi connectivity index (χ2v) is 6.47. The lowest BCUT2D eigenvalue weighted by atomic mass is 9.72. The molecule has 0 bridgehead atoms. The summed E-state index contributed by atoms with van der Waals surface area (Å²) in [6.45, 7) is 7.59. The monoisotopic (exact) mass is 264 g/mol. The number of hydrogen-bond donors (Lipinski definition) is 1. The summed E-state index contributed by atoms with van der Waals surface area (Å²) in [5.74, 6) is 1.76. The van der Waals surface area contributed by atoms with Gasteiger partial charge in [-0.2, -0.15) is 5.10 Å². The zero-order valence-electron chi connectivity index (χ0n) is 12.6. The summed E-state index contributed by atoms with van der Waals surface area (Å²) < 4.78 is 1.97. The predicted octanol–water partition coefficient (Wildman–Crippen LogP) is 2.77. The van der Waals surface area contributed by atoms with Crippen molar-refractivity contribution in [2.45, 2.75) is 71.9 Å². The first kappa shape index (κ1) is 14.5. The van der Waals surface area contributed by atoms with Crippen molar-refractivity contribution in [3.63, 3.8) is 0 Å². The molecule has 1 atom stereocenters. The highest BCUT2D eigenvalue weighted by atomic mass is 15.3. The Labute approximate surface area is 116 Å². The number of hydrogen-bond acceptors (Lipinski definition) is 3. The van der Waals surface area contributed by atoms with Crippen molar-refractivity contribution in [3.8, 4) is 0 Å². The summed E-state index contributed by atoms with van der Waals surface area (Å²) in [6, 6.07) is 0.215. The van der Waals surface area contributed by atoms with Gasteiger partial charge in [0, 0.05) is 19.0 Å². The largest absolute Gasteiger partial charge is 0.327 e. The third-order valence-electron chi connectivity index (χ3n) is 4.60. The van der Waals surface area contributed by atoms with Gasteiger partial charge in [0.1, 0.15) is 12.2 Å². The molecule has 0 spiro atoms. The minimum atomic E-state index is 0.215. The standard InChI is InChI=1S/C15H28N4/c1-4-19-14(17-11-18-19)9-13(16)15(10-12(2)3)7-5-6-8-15/h11-13H,4-10,16H2,1-3H3. The van der Waals surface area contributed by atoms with E-state index in [1.54, 1.807) is 6.33 Å². The molecule has 1 heterocycles. The van der Waals surface area contributed by atoms with Gasteiger partial charge in [-0.05, 0) is 37.5 Å². The smallest absolute Gasteiger partial charge is 0.138 e. The molecular formula is C15H28N4. The molecule has 0 aliphatic heterocycles. The zero-order chi connectivity index (χ0) is 13.9. The lowest BCUT2D eigenvalue weighted by Crippen LogP contribution is -2.43. The molecule has 1 saturated carbocycles. The van der Waals surface area contributed by atoms with Crippen LogP contribution in [0.2, 0.25) is 0 Å². The zero-order valence-corrected chi connectivity index (χ0v) is 12.6. The van der Waals surface area contributed by atoms with Gasteiger partial charge in [-0.1, -0.05) is 26.7 Å². The summed E-state index contributed by atoms with van der Waals surface area (Å²) in [5.41, 5.74) is 6.93. The lowest BCUT2D eigenvalue weighted by Gasteiger charge is -2.37. The molecule has 1 aromatic rings. The average molecular weight is 264 g/mol. The van der Waals surface area contributed by atoms with E-state index < -0.39 is 0 Å². The van der Waals surface area contributed by atoms with Gasteiger partial charge in [0.15, 0.2) is 0 Å². The summed E-state index contributed by atoms with van der Waals surface area (Å²) in [5, 5.41) is 4.25. The van der Waals surface area contributed by atoms with Crippen LogP contribution in [-0.4, -0.2) is 20.8 Å². The fourth-order valence-corrected chi connectivity index (χ4v) is 3.74. The van der Waals surface area contributed by atoms with Crippen molar-refractivity contribution < 1.29 is 0 Å². The quantitative estimate of drug-likeness (QED) is 0.859. The molecule has 1 fully saturated rings. The number of rotatable bonds is 6. The number of nitrogens with zero attached hydrogens (tertiary/aromatic N) is 3. The van der Waals surface area contributed by atoms with E-state index in [9.17, 15) is 0 Å². The number of aryl methyl sites for hydroxylation is 1. The van der Waals surface area contributed by atoms with Gasteiger partial charge in [0.2, 0.25) is 0 Å². The van der Waals surface area contributed by atoms with Gasteiger partial charge in [-0.25, -0.2) is 4.98 Å². The van der Waals surface area contributed by atoms with Gasteiger partial charge in [0.05, 0.1) is 0 Å². The minimum absolute atomic E-state index is 0.215. The maximum absolute atomic E-state index is 6.60. The molecule has 0 saturated heterocycles. The molecule has 1 unspecified atom stereocenters. The maximum Gasteiger partial charge on any atom is 0.138 e. The van der Waals surface area contributed by atoms with Crippen molar-refractivity contribution in [1.82, 2.24) is 14.8 Å². The van der Waals surface area contributed by atoms with Crippen LogP contribution < -0.4 is 5.73 Å².